The van der Waals surface area contributed by atoms with E-state index in [1.165, 1.54) is 6.07 Å². The lowest BCUT2D eigenvalue weighted by Gasteiger charge is -2.32. The van der Waals surface area contributed by atoms with E-state index in [0.717, 1.165) is 0 Å². The number of hydrogen-bond donors (Lipinski definition) is 1. The highest BCUT2D eigenvalue weighted by molar-refractivity contribution is 6.63. The van der Waals surface area contributed by atoms with Gasteiger partial charge >= 0.3 is 7.12 Å². The van der Waals surface area contributed by atoms with Crippen LogP contribution in [0, 0.1) is 0 Å². The highest BCUT2D eigenvalue weighted by atomic mass is 16.7. The summed E-state index contributed by atoms with van der Waals surface area (Å²) < 4.78 is 11.8. The van der Waals surface area contributed by atoms with E-state index in [-0.39, 0.29) is 11.1 Å². The van der Waals surface area contributed by atoms with Crippen LogP contribution in [-0.2, 0) is 9.31 Å². The van der Waals surface area contributed by atoms with Crippen molar-refractivity contribution < 1.29 is 18.9 Å². The second kappa shape index (κ2) is 4.72. The highest BCUT2D eigenvalue weighted by Gasteiger charge is 2.52. The molecule has 1 fully saturated rings. The van der Waals surface area contributed by atoms with Crippen LogP contribution in [0.25, 0.3) is 0 Å². The summed E-state index contributed by atoms with van der Waals surface area (Å²) in [5, 5.41) is 0. The maximum absolute atomic E-state index is 11.4. The number of carbonyl (C=O) groups excluding carboxylic acids is 2. The Hall–Kier alpha value is -1.66. The van der Waals surface area contributed by atoms with Crippen LogP contribution in [0.4, 0.5) is 0 Å². The first-order valence-corrected chi connectivity index (χ1v) is 6.43. The van der Waals surface area contributed by atoms with E-state index in [4.69, 9.17) is 15.0 Å². The molecule has 106 valence electrons. The van der Waals surface area contributed by atoms with E-state index < -0.39 is 24.2 Å². The number of benzene rings is 1. The van der Waals surface area contributed by atoms with Crippen molar-refractivity contribution in [1.82, 2.24) is 0 Å². The molecule has 1 aromatic rings. The average Bonchev–Trinajstić information content (AvgIpc) is 2.57. The molecule has 1 saturated heterocycles. The Morgan fingerprint density at radius 2 is 1.75 bits per heavy atom. The summed E-state index contributed by atoms with van der Waals surface area (Å²) in [5.74, 6) is -0.648. The largest absolute Gasteiger partial charge is 0.495 e. The van der Waals surface area contributed by atoms with Gasteiger partial charge in [-0.1, -0.05) is 12.1 Å². The maximum Gasteiger partial charge on any atom is 0.495 e. The van der Waals surface area contributed by atoms with Crippen LogP contribution in [0.3, 0.4) is 0 Å². The minimum absolute atomic E-state index is 0.173. The topological polar surface area (TPSA) is 78.6 Å². The SMILES string of the molecule is CC1(C)OB(c2cccc(C(N)=O)c2C=O)OC1(C)C. The standard InChI is InChI=1S/C14H18BNO4/c1-13(2)14(3,4)20-15(19-13)11-7-5-6-9(12(16)18)10(11)8-17/h5-8H,1-4H3,(H2,16,18). The Balaban J connectivity index is 2.48. The molecule has 5 nitrogen and oxygen atoms in total. The first-order chi connectivity index (χ1) is 9.19. The molecule has 20 heavy (non-hydrogen) atoms. The molecule has 0 spiro atoms. The molecule has 0 atom stereocenters. The average molecular weight is 275 g/mol. The smallest absolute Gasteiger partial charge is 0.399 e. The van der Waals surface area contributed by atoms with Crippen molar-refractivity contribution >= 4 is 24.8 Å². The summed E-state index contributed by atoms with van der Waals surface area (Å²) in [4.78, 5) is 22.7. The zero-order valence-corrected chi connectivity index (χ0v) is 12.1. The highest BCUT2D eigenvalue weighted by Crippen LogP contribution is 2.36. The van der Waals surface area contributed by atoms with Crippen LogP contribution in [0.5, 0.6) is 0 Å². The number of amides is 1. The van der Waals surface area contributed by atoms with Crippen LogP contribution in [0.2, 0.25) is 0 Å². The molecule has 0 saturated carbocycles. The van der Waals surface area contributed by atoms with Crippen LogP contribution in [0.1, 0.15) is 48.4 Å². The van der Waals surface area contributed by atoms with Crippen molar-refractivity contribution in [3.05, 3.63) is 29.3 Å². The van der Waals surface area contributed by atoms with Gasteiger partial charge in [-0.2, -0.15) is 0 Å². The molecule has 6 heteroatoms. The van der Waals surface area contributed by atoms with Gasteiger partial charge in [0.05, 0.1) is 11.2 Å². The Labute approximate surface area is 118 Å². The lowest BCUT2D eigenvalue weighted by Crippen LogP contribution is -2.41. The number of nitrogens with two attached hydrogens (primary N) is 1. The van der Waals surface area contributed by atoms with E-state index in [1.54, 1.807) is 12.1 Å². The van der Waals surface area contributed by atoms with Crippen LogP contribution >= 0.6 is 0 Å². The van der Waals surface area contributed by atoms with Crippen LogP contribution < -0.4 is 11.2 Å². The van der Waals surface area contributed by atoms with Crippen molar-refractivity contribution in [2.75, 3.05) is 0 Å². The maximum atomic E-state index is 11.4. The van der Waals surface area contributed by atoms with Crippen molar-refractivity contribution in [3.8, 4) is 0 Å². The molecule has 0 unspecified atom stereocenters. The quantitative estimate of drug-likeness (QED) is 0.656. The molecule has 0 aliphatic carbocycles. The molecule has 0 bridgehead atoms. The van der Waals surface area contributed by atoms with Crippen LogP contribution in [-0.4, -0.2) is 30.5 Å². The molecule has 1 aliphatic rings. The van der Waals surface area contributed by atoms with Crippen LogP contribution in [0.15, 0.2) is 18.2 Å². The van der Waals surface area contributed by atoms with Gasteiger partial charge in [0.1, 0.15) is 0 Å². The van der Waals surface area contributed by atoms with Gasteiger partial charge in [0.25, 0.3) is 0 Å². The Kier molecular flexibility index (Phi) is 3.48. The summed E-state index contributed by atoms with van der Waals surface area (Å²) in [7, 11) is -0.695. The fourth-order valence-electron chi connectivity index (χ4n) is 2.11. The monoisotopic (exact) mass is 275 g/mol. The van der Waals surface area contributed by atoms with Crippen molar-refractivity contribution in [3.63, 3.8) is 0 Å². The van der Waals surface area contributed by atoms with E-state index in [1.807, 2.05) is 27.7 Å². The number of carbonyl (C=O) groups is 2. The number of hydrogen-bond acceptors (Lipinski definition) is 4. The minimum atomic E-state index is -0.695. The van der Waals surface area contributed by atoms with E-state index in [0.29, 0.717) is 11.7 Å². The Morgan fingerprint density at radius 1 is 1.20 bits per heavy atom. The number of primary amides is 1. The van der Waals surface area contributed by atoms with Gasteiger partial charge in [-0.25, -0.2) is 0 Å². The van der Waals surface area contributed by atoms with Crippen molar-refractivity contribution in [2.45, 2.75) is 38.9 Å². The molecule has 0 aromatic heterocycles. The van der Waals surface area contributed by atoms with Gasteiger partial charge in [0.2, 0.25) is 5.91 Å². The van der Waals surface area contributed by atoms with Crippen molar-refractivity contribution in [1.29, 1.82) is 0 Å². The van der Waals surface area contributed by atoms with Gasteiger partial charge in [-0.05, 0) is 39.2 Å². The van der Waals surface area contributed by atoms with E-state index >= 15 is 0 Å². The molecule has 1 heterocycles. The summed E-state index contributed by atoms with van der Waals surface area (Å²) in [5.41, 5.74) is 5.18. The van der Waals surface area contributed by atoms with Gasteiger partial charge < -0.3 is 15.0 Å². The fourth-order valence-corrected chi connectivity index (χ4v) is 2.11. The van der Waals surface area contributed by atoms with E-state index in [2.05, 4.69) is 0 Å². The van der Waals surface area contributed by atoms with E-state index in [9.17, 15) is 9.59 Å². The van der Waals surface area contributed by atoms with Crippen molar-refractivity contribution in [2.24, 2.45) is 5.73 Å². The lowest BCUT2D eigenvalue weighted by atomic mass is 9.75. The zero-order valence-electron chi connectivity index (χ0n) is 12.1. The number of rotatable bonds is 3. The lowest BCUT2D eigenvalue weighted by molar-refractivity contribution is 0.00578. The molecule has 2 rings (SSSR count). The summed E-state index contributed by atoms with van der Waals surface area (Å²) in [6.07, 6.45) is 0.612. The Morgan fingerprint density at radius 3 is 2.20 bits per heavy atom. The normalized spacial score (nSPS) is 19.9. The third-order valence-electron chi connectivity index (χ3n) is 4.03. The number of aldehydes is 1. The molecule has 0 radical (unpaired) electrons. The molecule has 1 aliphatic heterocycles. The first kappa shape index (κ1) is 14.7. The fraction of sp³-hybridized carbons (Fsp3) is 0.429. The predicted octanol–water partition coefficient (Wildman–Crippen LogP) is 0.897. The second-order valence-corrected chi connectivity index (χ2v) is 5.88. The molecular weight excluding hydrogens is 257 g/mol. The zero-order chi connectivity index (χ0) is 15.1. The summed E-state index contributed by atoms with van der Waals surface area (Å²) in [6, 6.07) is 4.88. The Bertz CT molecular complexity index is 552. The van der Waals surface area contributed by atoms with Gasteiger partial charge in [0.15, 0.2) is 6.29 Å². The molecule has 1 aromatic carbocycles. The van der Waals surface area contributed by atoms with Gasteiger partial charge in [0, 0.05) is 11.1 Å². The molecule has 2 N–H and O–H groups in total. The second-order valence-electron chi connectivity index (χ2n) is 5.88. The first-order valence-electron chi connectivity index (χ1n) is 6.43. The van der Waals surface area contributed by atoms with Gasteiger partial charge in [-0.15, -0.1) is 0 Å². The predicted molar refractivity (Wildman–Crippen MR) is 76.1 cm³/mol. The van der Waals surface area contributed by atoms with Gasteiger partial charge in [-0.3, -0.25) is 9.59 Å². The molecular formula is C14H18BNO4. The minimum Gasteiger partial charge on any atom is -0.399 e. The molecule has 1 amide bonds. The summed E-state index contributed by atoms with van der Waals surface area (Å²) >= 11 is 0. The third-order valence-corrected chi connectivity index (χ3v) is 4.03. The summed E-state index contributed by atoms with van der Waals surface area (Å²) in [6.45, 7) is 7.69. The third kappa shape index (κ3) is 2.25.